The molecule has 18 rings (SSSR count). The van der Waals surface area contributed by atoms with Gasteiger partial charge in [0.15, 0.2) is 17.4 Å². The maximum absolute atomic E-state index is 11.9. The number of para-hydroxylation sites is 6. The Kier molecular flexibility index (Phi) is 61.4. The Morgan fingerprint density at radius 2 is 0.913 bits per heavy atom. The summed E-state index contributed by atoms with van der Waals surface area (Å²) in [6, 6.07) is 59.1. The van der Waals surface area contributed by atoms with Gasteiger partial charge < -0.3 is 82.6 Å². The van der Waals surface area contributed by atoms with Crippen LogP contribution in [0.25, 0.3) is 0 Å². The summed E-state index contributed by atoms with van der Waals surface area (Å²) in [6.07, 6.45) is 4.52. The minimum absolute atomic E-state index is 0. The maximum Gasteiger partial charge on any atom is 1.00 e. The van der Waals surface area contributed by atoms with Gasteiger partial charge in [0.2, 0.25) is 35.4 Å². The number of nitrogens with zero attached hydrogens (tertiary/aromatic N) is 8. The van der Waals surface area contributed by atoms with Crippen molar-refractivity contribution in [1.29, 1.82) is 0 Å². The fourth-order valence-electron chi connectivity index (χ4n) is 15.5. The Hall–Kier alpha value is -12.0. The molecule has 0 spiro atoms. The number of aliphatic hydroxyl groups is 1. The zero-order chi connectivity index (χ0) is 105. The molecule has 6 fully saturated rings. The number of halogens is 1. The van der Waals surface area contributed by atoms with Crippen molar-refractivity contribution in [3.8, 4) is 0 Å². The van der Waals surface area contributed by atoms with E-state index in [4.69, 9.17) is 43.6 Å². The molecule has 10 aliphatic rings. The number of anilines is 2. The first kappa shape index (κ1) is 129. The maximum atomic E-state index is 11.9. The van der Waals surface area contributed by atoms with E-state index in [1.807, 2.05) is 36.4 Å². The number of esters is 2. The van der Waals surface area contributed by atoms with Crippen molar-refractivity contribution in [1.82, 2.24) is 25.8 Å². The average molecular weight is 2240 g/mol. The van der Waals surface area contributed by atoms with Crippen LogP contribution in [-0.4, -0.2) is 247 Å². The van der Waals surface area contributed by atoms with Gasteiger partial charge in [-0.25, -0.2) is 9.59 Å². The zero-order valence-electron chi connectivity index (χ0n) is 83.9. The van der Waals surface area contributed by atoms with Crippen molar-refractivity contribution in [3.05, 3.63) is 310 Å². The van der Waals surface area contributed by atoms with Crippen LogP contribution in [-0.2, 0) is 180 Å². The first-order chi connectivity index (χ1) is 70.1. The minimum Gasteiger partial charge on any atom is -1.00 e. The number of amides is 8. The van der Waals surface area contributed by atoms with Crippen LogP contribution < -0.4 is 62.0 Å². The standard InChI is InChI=1S/C15H17NO3.C14H16N2O6.C12H12N2O3.C12H16N2O.C11H15NO.C10H11NO4.C10H11NO3.C7H6BrNO2.C6H10O4.C4H5NO2.CH3.Al.Li.H4N2.Pd.4H/c17-14-5-6-15(18)16(14)8-11-7-12-3-1-2-4-13(12)10-19-9-11;17-11(7-15-13(18)5-6-14(15)19)9-22-8-10-3-1-2-4-12(10)16(20)21;15-11-12(16)14-9(5-13-11)7-17-6-8-3-1-2-4-10(8)14;1-2-4-12-10(3-1)8-15-9-11-7-13-5-6-14(11)12;12-6-9-5-10-3-1-2-4-11(10)8-13-7-9;12-11(13)10-4-2-1-3-8(10)5-14-6-9-7-15-9;1-2-7-14-8-9-5-3-4-6-10(9)11(12)13;8-5-6-3-1-2-4-7(6)9(10)11;1-3-9-5(7)6(8)10-4-2;6-3-1-2-4(7)5-3;;;;1-2;;;;;/h1-4,11H,5-10H2;1-4,11,17H,5-9H2;1-4,9H,5-7H2,(H,13,15);1-4,11,13H,5-9H2;1-4,9H,5-8,12H2;1-4,9H,5-7H2;2-6H,1,7-8H2;1-4H,5H2;3-4H2,1-2H3;1-2H2,(H,5,6,7);1H3;;;1-2H2;;;;;/q;;;;;;;;;;-1;;+1;;;;;;-1. The van der Waals surface area contributed by atoms with Crippen molar-refractivity contribution in [2.24, 2.45) is 29.3 Å². The van der Waals surface area contributed by atoms with Crippen LogP contribution in [0.2, 0.25) is 0 Å². The number of nitrogens with two attached hydrogens (primary N) is 3. The molecule has 0 radical (unpaired) electrons. The quantitative estimate of drug-likeness (QED) is 0.00317. The third-order valence-electron chi connectivity index (χ3n) is 22.8. The predicted octanol–water partition coefficient (Wildman–Crippen LogP) is 5.56. The molecule has 6 atom stereocenters. The molecule has 8 amide bonds. The molecule has 8 aromatic carbocycles. The van der Waals surface area contributed by atoms with E-state index in [-0.39, 0.29) is 206 Å². The number of β-amino-alcohol motifs (C(OH)–C–C–N with tert-alkyl or cyclic N) is 1. The fraction of sp³-hybridized carbons (Fsp3) is 0.402. The van der Waals surface area contributed by atoms with Crippen LogP contribution in [0.15, 0.2) is 207 Å². The number of hydrogen-bond donors (Lipinski definition) is 7. The number of benzene rings is 8. The predicted molar refractivity (Wildman–Crippen MR) is 549 cm³/mol. The van der Waals surface area contributed by atoms with Crippen molar-refractivity contribution in [2.45, 2.75) is 141 Å². The fourth-order valence-corrected chi connectivity index (χ4v) is 16.0. The van der Waals surface area contributed by atoms with E-state index in [2.05, 4.69) is 125 Å². The Morgan fingerprint density at radius 3 is 1.36 bits per heavy atom. The minimum atomic E-state index is -1.02. The van der Waals surface area contributed by atoms with Crippen molar-refractivity contribution >= 4 is 127 Å². The van der Waals surface area contributed by atoms with Gasteiger partial charge in [-0.1, -0.05) is 162 Å². The molecule has 47 heteroatoms. The summed E-state index contributed by atoms with van der Waals surface area (Å²) in [5.41, 5.74) is 17.9. The summed E-state index contributed by atoms with van der Waals surface area (Å²) in [5, 5.41) is 60.9. The number of hydrazine groups is 1. The topological polar surface area (TPSA) is 586 Å². The summed E-state index contributed by atoms with van der Waals surface area (Å²) in [5.74, 6) is 4.81. The smallest absolute Gasteiger partial charge is 1.00 e. The number of nitro groups is 4. The Morgan fingerprint density at radius 1 is 0.523 bits per heavy atom. The van der Waals surface area contributed by atoms with E-state index >= 15 is 0 Å². The second-order valence-corrected chi connectivity index (χ2v) is 33.7. The van der Waals surface area contributed by atoms with E-state index in [0.717, 1.165) is 81.7 Å². The van der Waals surface area contributed by atoms with E-state index < -0.39 is 44.6 Å². The summed E-state index contributed by atoms with van der Waals surface area (Å²) in [4.78, 5) is 158. The second kappa shape index (κ2) is 70.8. The Bertz CT molecular complexity index is 5620. The van der Waals surface area contributed by atoms with Crippen LogP contribution in [0, 0.1) is 59.7 Å². The summed E-state index contributed by atoms with van der Waals surface area (Å²) < 4.78 is 51.8. The summed E-state index contributed by atoms with van der Waals surface area (Å²) >= 11 is 3.17. The number of alkyl halides is 1. The molecule has 43 nitrogen and oxygen atoms in total. The van der Waals surface area contributed by atoms with Crippen molar-refractivity contribution < 1.29 is 161 Å². The van der Waals surface area contributed by atoms with E-state index in [9.17, 15) is 93.5 Å². The number of hydrogen-bond acceptors (Lipinski definition) is 34. The van der Waals surface area contributed by atoms with Crippen LogP contribution in [0.4, 0.5) is 34.1 Å². The van der Waals surface area contributed by atoms with Gasteiger partial charge in [0, 0.05) is 150 Å². The Balaban J connectivity index is 0.000000430. The molecular formula is C102H130AlBrLiN14O29Pd-. The number of nitro benzene ring substituents is 4. The van der Waals surface area contributed by atoms with E-state index in [1.54, 1.807) is 97.6 Å². The number of epoxide rings is 1. The third kappa shape index (κ3) is 43.4. The van der Waals surface area contributed by atoms with Gasteiger partial charge in [0.1, 0.15) is 6.10 Å². The molecule has 804 valence electrons. The number of piperazine rings is 2. The number of ether oxygens (including phenoxy) is 10. The molecule has 0 aliphatic carbocycles. The van der Waals surface area contributed by atoms with Gasteiger partial charge in [0.05, 0.1) is 179 Å². The van der Waals surface area contributed by atoms with Crippen LogP contribution in [0.5, 0.6) is 0 Å². The number of nitrogens with one attached hydrogen (secondary N) is 3. The first-order valence-electron chi connectivity index (χ1n) is 46.8. The molecular weight excluding hydrogens is 2110 g/mol. The zero-order valence-corrected chi connectivity index (χ0v) is 86.1. The van der Waals surface area contributed by atoms with Gasteiger partial charge in [-0.2, -0.15) is 0 Å². The molecule has 0 aromatic heterocycles. The molecule has 6 saturated heterocycles. The number of carbonyl (C=O) groups excluding carboxylic acids is 10. The second-order valence-electron chi connectivity index (χ2n) is 33.2. The molecule has 149 heavy (non-hydrogen) atoms. The van der Waals surface area contributed by atoms with Crippen LogP contribution >= 0.6 is 15.9 Å². The molecule has 6 unspecified atom stereocenters. The van der Waals surface area contributed by atoms with Gasteiger partial charge in [-0.15, -0.1) is 6.58 Å². The molecule has 10 heterocycles. The first-order valence-corrected chi connectivity index (χ1v) is 47.9. The summed E-state index contributed by atoms with van der Waals surface area (Å²) in [7, 11) is 0. The number of imide groups is 3. The number of aliphatic hydroxyl groups excluding tert-OH is 1. The molecule has 0 saturated carbocycles. The van der Waals surface area contributed by atoms with Gasteiger partial charge >= 0.3 is 42.6 Å². The van der Waals surface area contributed by atoms with Gasteiger partial charge in [0.25, 0.3) is 22.7 Å². The van der Waals surface area contributed by atoms with Crippen molar-refractivity contribution in [3.63, 3.8) is 0 Å². The van der Waals surface area contributed by atoms with Crippen LogP contribution in [0.3, 0.4) is 0 Å². The molecule has 8 aromatic rings. The largest absolute Gasteiger partial charge is 1.00 e. The monoisotopic (exact) mass is 2230 g/mol. The average Bonchev–Trinajstić information content (AvgIpc) is 1.57. The molecule has 0 bridgehead atoms. The van der Waals surface area contributed by atoms with E-state index in [0.29, 0.717) is 125 Å². The SMILES string of the molecule is C=CCOCc1ccccc1[N+](=O)[O-].CCOC(=O)C(=O)OCC.NCC1COCc2ccccc2C1.NN.O=C1CCC(=O)N1.O=C1CCC(=O)N1CC(O)COCc1ccccc1[N+](=O)[O-].O=C1CCC(=O)N1CC1COCc2ccccc2C1.O=C1NCC2COCc3ccccc3N2C1=O.O=[N+]([O-])c1ccccc1CBr.O=[N+]([O-])c1ccccc1COCC1CO1.[AlH3].[CH3-].[H-].[Li+].[Pd].c1ccc2c(c1)COCC1CNCCN21. The number of likely N-dealkylation sites (tertiary alicyclic amines) is 2. The van der Waals surface area contributed by atoms with Gasteiger partial charge in [-0.3, -0.25) is 111 Å². The molecule has 10 N–H and O–H groups in total. The number of carbonyl (C=O) groups is 10. The van der Waals surface area contributed by atoms with Crippen LogP contribution in [0.1, 0.15) is 109 Å². The number of fused-ring (bicyclic) bond motifs is 8. The third-order valence-corrected chi connectivity index (χ3v) is 23.4. The number of rotatable bonds is 24. The van der Waals surface area contributed by atoms with Gasteiger partial charge in [-0.05, 0) is 91.7 Å². The molecule has 10 aliphatic heterocycles. The Labute approximate surface area is 909 Å². The normalized spacial score (nSPS) is 17.6. The van der Waals surface area contributed by atoms with E-state index in [1.165, 1.54) is 62.7 Å². The van der Waals surface area contributed by atoms with Crippen molar-refractivity contribution in [2.75, 3.05) is 122 Å². The summed E-state index contributed by atoms with van der Waals surface area (Å²) in [6.45, 7) is 19.1.